The number of benzene rings is 2. The lowest BCUT2D eigenvalue weighted by Crippen LogP contribution is -2.42. The maximum Gasteiger partial charge on any atom is 0.405 e. The van der Waals surface area contributed by atoms with E-state index in [1.165, 1.54) is 0 Å². The van der Waals surface area contributed by atoms with Gasteiger partial charge in [0.25, 0.3) is 11.8 Å². The van der Waals surface area contributed by atoms with Gasteiger partial charge in [-0.2, -0.15) is 17.2 Å². The third kappa shape index (κ3) is 6.32. The molecule has 0 saturated carbocycles. The molecule has 2 amide bonds. The summed E-state index contributed by atoms with van der Waals surface area (Å²) in [5.41, 5.74) is 0.0540. The van der Waals surface area contributed by atoms with Crippen molar-refractivity contribution in [3.63, 3.8) is 0 Å². The predicted octanol–water partition coefficient (Wildman–Crippen LogP) is 4.10. The molecule has 2 N–H and O–H groups in total. The summed E-state index contributed by atoms with van der Waals surface area (Å²) in [4.78, 5) is 36.8. The van der Waals surface area contributed by atoms with E-state index in [0.29, 0.717) is 16.1 Å². The monoisotopic (exact) mass is 805 g/mol. The van der Waals surface area contributed by atoms with E-state index >= 15 is 0 Å². The Balaban J connectivity index is 2.11. The van der Waals surface area contributed by atoms with Crippen LogP contribution in [0.4, 0.5) is 8.78 Å². The second-order valence-electron chi connectivity index (χ2n) is 6.19. The fraction of sp³-hybridized carbons (Fsp3) is 0.167. The SMILES string of the molecule is CC(OC(=O)c1ccc(C(=O)NC(=O)c2cc(I)cc(I)c2I)cc1)C(F)(F)S(=O)(=O)O. The number of hydrogen-bond donors (Lipinski definition) is 2. The van der Waals surface area contributed by atoms with Crippen molar-refractivity contribution < 1.29 is 40.9 Å². The van der Waals surface area contributed by atoms with Crippen molar-refractivity contribution in [1.82, 2.24) is 5.32 Å². The molecule has 0 bridgehead atoms. The molecule has 1 unspecified atom stereocenters. The van der Waals surface area contributed by atoms with Gasteiger partial charge in [0, 0.05) is 16.3 Å². The molecule has 0 aromatic heterocycles. The van der Waals surface area contributed by atoms with Crippen LogP contribution in [0.2, 0.25) is 0 Å². The van der Waals surface area contributed by atoms with E-state index in [0.717, 1.165) is 31.4 Å². The van der Waals surface area contributed by atoms with Crippen molar-refractivity contribution in [1.29, 1.82) is 0 Å². The summed E-state index contributed by atoms with van der Waals surface area (Å²) in [6, 6.07) is 7.97. The quantitative estimate of drug-likeness (QED) is 0.148. The molecule has 0 aliphatic heterocycles. The largest absolute Gasteiger partial charge is 0.451 e. The van der Waals surface area contributed by atoms with Crippen LogP contribution in [0, 0.1) is 10.7 Å². The lowest BCUT2D eigenvalue weighted by Gasteiger charge is -2.20. The Hall–Kier alpha value is -0.990. The van der Waals surface area contributed by atoms with E-state index in [1.807, 2.05) is 51.2 Å². The average molecular weight is 805 g/mol. The third-order valence-electron chi connectivity index (χ3n) is 3.95. The molecular formula is C18H12F2I3NO7S. The summed E-state index contributed by atoms with van der Waals surface area (Å²) in [6.07, 6.45) is -2.47. The molecule has 172 valence electrons. The topological polar surface area (TPSA) is 127 Å². The van der Waals surface area contributed by atoms with Crippen molar-refractivity contribution >= 4 is 95.7 Å². The van der Waals surface area contributed by atoms with Crippen LogP contribution in [0.25, 0.3) is 0 Å². The highest BCUT2D eigenvalue weighted by molar-refractivity contribution is 14.1. The number of esters is 1. The molecule has 0 saturated heterocycles. The van der Waals surface area contributed by atoms with Crippen molar-refractivity contribution in [2.75, 3.05) is 0 Å². The van der Waals surface area contributed by atoms with Crippen LogP contribution in [0.1, 0.15) is 38.0 Å². The Morgan fingerprint density at radius 2 is 1.56 bits per heavy atom. The summed E-state index contributed by atoms with van der Waals surface area (Å²) in [7, 11) is -5.79. The minimum atomic E-state index is -5.79. The van der Waals surface area contributed by atoms with E-state index in [-0.39, 0.29) is 11.1 Å². The highest BCUT2D eigenvalue weighted by atomic mass is 127. The van der Waals surface area contributed by atoms with E-state index in [1.54, 1.807) is 6.07 Å². The molecular weight excluding hydrogens is 793 g/mol. The Labute approximate surface area is 222 Å². The lowest BCUT2D eigenvalue weighted by molar-refractivity contribution is -0.0549. The second kappa shape index (κ2) is 10.5. The van der Waals surface area contributed by atoms with Gasteiger partial charge in [0.2, 0.25) is 0 Å². The smallest absolute Gasteiger partial charge is 0.405 e. The molecule has 14 heteroatoms. The minimum Gasteiger partial charge on any atom is -0.451 e. The standard InChI is InChI=1S/C18H12F2I3NO7S/c1-8(18(19,20)32(28,29)30)31-17(27)10-4-2-9(3-5-10)15(25)24-16(26)12-6-11(21)7-13(22)14(12)23/h2-8H,1H3,(H,24,25,26)(H,28,29,30). The maximum absolute atomic E-state index is 13.5. The number of amides is 2. The Morgan fingerprint density at radius 1 is 1.03 bits per heavy atom. The highest BCUT2D eigenvalue weighted by Crippen LogP contribution is 2.28. The first-order chi connectivity index (χ1) is 14.6. The molecule has 2 aromatic rings. The van der Waals surface area contributed by atoms with Gasteiger partial charge in [0.1, 0.15) is 0 Å². The van der Waals surface area contributed by atoms with Gasteiger partial charge >= 0.3 is 21.3 Å². The summed E-state index contributed by atoms with van der Waals surface area (Å²) >= 11 is 6.10. The Morgan fingerprint density at radius 3 is 2.09 bits per heavy atom. The van der Waals surface area contributed by atoms with Gasteiger partial charge in [-0.15, -0.1) is 0 Å². The van der Waals surface area contributed by atoms with E-state index in [4.69, 9.17) is 4.55 Å². The molecule has 0 aliphatic carbocycles. The van der Waals surface area contributed by atoms with Crippen molar-refractivity contribution in [2.24, 2.45) is 0 Å². The zero-order chi connectivity index (χ0) is 24.4. The molecule has 32 heavy (non-hydrogen) atoms. The number of alkyl halides is 2. The van der Waals surface area contributed by atoms with Gasteiger partial charge in [-0.3, -0.25) is 19.5 Å². The van der Waals surface area contributed by atoms with Gasteiger partial charge in [0.15, 0.2) is 6.10 Å². The molecule has 1 atom stereocenters. The second-order valence-corrected chi connectivity index (χ2v) is 11.2. The summed E-state index contributed by atoms with van der Waals surface area (Å²) in [5.74, 6) is -2.68. The normalized spacial score (nSPS) is 12.7. The van der Waals surface area contributed by atoms with Crippen LogP contribution in [-0.2, 0) is 14.9 Å². The number of nitrogens with one attached hydrogen (secondary N) is 1. The number of carbonyl (C=O) groups is 3. The van der Waals surface area contributed by atoms with E-state index < -0.39 is 39.3 Å². The van der Waals surface area contributed by atoms with Gasteiger partial charge in [-0.05, 0) is 111 Å². The first-order valence-electron chi connectivity index (χ1n) is 8.31. The van der Waals surface area contributed by atoms with Crippen molar-refractivity contribution in [3.8, 4) is 0 Å². The van der Waals surface area contributed by atoms with Crippen LogP contribution < -0.4 is 5.32 Å². The number of ether oxygens (including phenoxy) is 1. The number of hydrogen-bond acceptors (Lipinski definition) is 6. The van der Waals surface area contributed by atoms with Gasteiger partial charge in [-0.1, -0.05) is 0 Å². The number of halogens is 5. The number of rotatable bonds is 6. The van der Waals surface area contributed by atoms with Crippen LogP contribution in [0.3, 0.4) is 0 Å². The molecule has 8 nitrogen and oxygen atoms in total. The lowest BCUT2D eigenvalue weighted by atomic mass is 10.1. The van der Waals surface area contributed by atoms with Crippen LogP contribution in [-0.4, -0.2) is 42.1 Å². The van der Waals surface area contributed by atoms with Crippen molar-refractivity contribution in [3.05, 3.63) is 63.8 Å². The maximum atomic E-state index is 13.5. The number of carbonyl (C=O) groups excluding carboxylic acids is 3. The minimum absolute atomic E-state index is 0.00143. The number of imide groups is 1. The van der Waals surface area contributed by atoms with Crippen LogP contribution in [0.5, 0.6) is 0 Å². The molecule has 0 fully saturated rings. The first-order valence-corrected chi connectivity index (χ1v) is 13.0. The summed E-state index contributed by atoms with van der Waals surface area (Å²) in [5, 5.41) is -2.47. The van der Waals surface area contributed by atoms with E-state index in [9.17, 15) is 31.6 Å². The predicted molar refractivity (Wildman–Crippen MR) is 134 cm³/mol. The molecule has 0 spiro atoms. The van der Waals surface area contributed by atoms with Crippen LogP contribution in [0.15, 0.2) is 36.4 Å². The molecule has 2 aromatic carbocycles. The van der Waals surface area contributed by atoms with Crippen LogP contribution >= 0.6 is 67.8 Å². The zero-order valence-electron chi connectivity index (χ0n) is 15.7. The molecule has 0 heterocycles. The van der Waals surface area contributed by atoms with Gasteiger partial charge in [-0.25, -0.2) is 4.79 Å². The fourth-order valence-corrected chi connectivity index (χ4v) is 5.10. The summed E-state index contributed by atoms with van der Waals surface area (Å²) < 4.78 is 63.7. The average Bonchev–Trinajstić information content (AvgIpc) is 2.69. The van der Waals surface area contributed by atoms with E-state index in [2.05, 4.69) is 32.6 Å². The molecule has 0 radical (unpaired) electrons. The summed E-state index contributed by atoms with van der Waals surface area (Å²) in [6.45, 7) is 0.604. The fourth-order valence-electron chi connectivity index (χ4n) is 2.23. The van der Waals surface area contributed by atoms with Gasteiger partial charge < -0.3 is 4.74 Å². The Bertz CT molecular complexity index is 1190. The first kappa shape index (κ1) is 27.3. The third-order valence-corrected chi connectivity index (χ3v) is 8.64. The highest BCUT2D eigenvalue weighted by Gasteiger charge is 2.52. The van der Waals surface area contributed by atoms with Crippen molar-refractivity contribution in [2.45, 2.75) is 18.3 Å². The Kier molecular flexibility index (Phi) is 8.96. The molecule has 2 rings (SSSR count). The molecule has 0 aliphatic rings. The van der Waals surface area contributed by atoms with Gasteiger partial charge in [0.05, 0.1) is 11.1 Å². The zero-order valence-corrected chi connectivity index (χ0v) is 23.0.